The number of anilines is 2. The highest BCUT2D eigenvalue weighted by Gasteiger charge is 2.31. The number of aryl methyl sites for hydroxylation is 1. The van der Waals surface area contributed by atoms with Crippen LogP contribution < -0.4 is 10.6 Å². The number of halogens is 1. The smallest absolute Gasteiger partial charge is 0.142 e. The van der Waals surface area contributed by atoms with Gasteiger partial charge in [-0.1, -0.05) is 26.5 Å². The zero-order valence-corrected chi connectivity index (χ0v) is 26.6. The van der Waals surface area contributed by atoms with E-state index in [1.54, 1.807) is 49.5 Å². The van der Waals surface area contributed by atoms with Crippen molar-refractivity contribution in [3.63, 3.8) is 0 Å². The summed E-state index contributed by atoms with van der Waals surface area (Å²) in [5, 5.41) is 15.1. The molecule has 1 aliphatic carbocycles. The molecule has 8 nitrogen and oxygen atoms in total. The second-order valence-corrected chi connectivity index (χ2v) is 12.1. The van der Waals surface area contributed by atoms with Gasteiger partial charge in [0.1, 0.15) is 17.6 Å². The number of thioether (sulfide) groups is 1. The fourth-order valence-corrected chi connectivity index (χ4v) is 5.62. The first kappa shape index (κ1) is 34.2. The molecule has 0 bridgehead atoms. The zero-order chi connectivity index (χ0) is 31.2. The van der Waals surface area contributed by atoms with E-state index in [1.165, 1.54) is 56.8 Å². The number of aliphatic hydroxyl groups is 1. The van der Waals surface area contributed by atoms with Gasteiger partial charge in [0.05, 0.1) is 24.2 Å². The van der Waals surface area contributed by atoms with Crippen LogP contribution in [-0.4, -0.2) is 90.2 Å². The number of rotatable bonds is 12. The summed E-state index contributed by atoms with van der Waals surface area (Å²) < 4.78 is 14.6. The molecule has 0 spiro atoms. The predicted molar refractivity (Wildman–Crippen MR) is 178 cm³/mol. The van der Waals surface area contributed by atoms with Crippen LogP contribution >= 0.6 is 11.8 Å². The summed E-state index contributed by atoms with van der Waals surface area (Å²) in [7, 11) is 3.83. The summed E-state index contributed by atoms with van der Waals surface area (Å²) in [4.78, 5) is 24.6. The van der Waals surface area contributed by atoms with Crippen molar-refractivity contribution in [2.45, 2.75) is 39.2 Å². The van der Waals surface area contributed by atoms with E-state index in [-0.39, 0.29) is 12.4 Å². The summed E-state index contributed by atoms with van der Waals surface area (Å²) in [6, 6.07) is 9.37. The fourth-order valence-electron chi connectivity index (χ4n) is 5.01. The van der Waals surface area contributed by atoms with E-state index in [4.69, 9.17) is 0 Å². The molecule has 43 heavy (non-hydrogen) atoms. The number of piperazine rings is 1. The molecule has 0 amide bonds. The number of allylic oxidation sites excluding steroid dienone is 1. The van der Waals surface area contributed by atoms with E-state index in [0.29, 0.717) is 39.1 Å². The highest BCUT2D eigenvalue weighted by Crippen LogP contribution is 2.31. The van der Waals surface area contributed by atoms with Crippen LogP contribution in [0.3, 0.4) is 0 Å². The molecule has 1 aliphatic heterocycles. The van der Waals surface area contributed by atoms with E-state index in [9.17, 15) is 14.3 Å². The first-order valence-electron chi connectivity index (χ1n) is 14.8. The Labute approximate surface area is 259 Å². The predicted octanol–water partition coefficient (Wildman–Crippen LogP) is 5.23. The first-order chi connectivity index (χ1) is 20.8. The Morgan fingerprint density at radius 2 is 2.00 bits per heavy atom. The van der Waals surface area contributed by atoms with Gasteiger partial charge in [-0.15, -0.1) is 11.8 Å². The molecule has 2 fully saturated rings. The third-order valence-corrected chi connectivity index (χ3v) is 8.58. The SMILES string of the molecule is C=C(SCCO)/C(=C\C(=NC)c1cc(CC)ccc1F)Nc1ccnc(NC=C=O)c1.CC1CC(N2CCN(C)CC2)C1. The number of nitrogens with zero attached hydrogens (tertiary/aromatic N) is 4. The number of hydrogen-bond acceptors (Lipinski definition) is 9. The third-order valence-electron chi connectivity index (χ3n) is 7.63. The van der Waals surface area contributed by atoms with E-state index in [2.05, 4.69) is 51.0 Å². The van der Waals surface area contributed by atoms with Gasteiger partial charge < -0.3 is 20.6 Å². The number of hydrogen-bond donors (Lipinski definition) is 3. The lowest BCUT2D eigenvalue weighted by molar-refractivity contribution is 0.0457. The monoisotopic (exact) mass is 608 g/mol. The van der Waals surface area contributed by atoms with Gasteiger partial charge in [-0.2, -0.15) is 0 Å². The Morgan fingerprint density at radius 3 is 2.63 bits per heavy atom. The van der Waals surface area contributed by atoms with E-state index in [1.807, 2.05) is 6.92 Å². The number of aromatic nitrogens is 1. The van der Waals surface area contributed by atoms with Crippen molar-refractivity contribution in [1.82, 2.24) is 14.8 Å². The minimum absolute atomic E-state index is 0.000218. The Balaban J connectivity index is 0.000000347. The molecular weight excluding hydrogens is 563 g/mol. The van der Waals surface area contributed by atoms with Crippen LogP contribution in [0.1, 0.15) is 37.8 Å². The van der Waals surface area contributed by atoms with E-state index < -0.39 is 0 Å². The first-order valence-corrected chi connectivity index (χ1v) is 15.8. The Kier molecular flexibility index (Phi) is 14.1. The summed E-state index contributed by atoms with van der Waals surface area (Å²) in [6.45, 7) is 13.6. The molecule has 1 aromatic heterocycles. The van der Waals surface area contributed by atoms with Gasteiger partial charge >= 0.3 is 0 Å². The van der Waals surface area contributed by atoms with Crippen LogP contribution in [0.4, 0.5) is 15.9 Å². The summed E-state index contributed by atoms with van der Waals surface area (Å²) in [5.41, 5.74) is 3.13. The molecule has 10 heteroatoms. The second-order valence-electron chi connectivity index (χ2n) is 10.9. The number of carbonyl (C=O) groups excluding carboxylic acids is 1. The third kappa shape index (κ3) is 10.7. The van der Waals surface area contributed by atoms with E-state index in [0.717, 1.165) is 30.1 Å². The zero-order valence-electron chi connectivity index (χ0n) is 25.8. The van der Waals surface area contributed by atoms with Crippen molar-refractivity contribution in [3.05, 3.63) is 82.9 Å². The molecule has 2 aromatic rings. The normalized spacial score (nSPS) is 19.4. The van der Waals surface area contributed by atoms with Crippen molar-refractivity contribution >= 4 is 34.9 Å². The van der Waals surface area contributed by atoms with Gasteiger partial charge in [0.25, 0.3) is 0 Å². The van der Waals surface area contributed by atoms with Gasteiger partial charge in [0.15, 0.2) is 0 Å². The van der Waals surface area contributed by atoms with Gasteiger partial charge in [0.2, 0.25) is 0 Å². The Hall–Kier alpha value is -3.27. The van der Waals surface area contributed by atoms with Crippen molar-refractivity contribution in [3.8, 4) is 0 Å². The molecule has 0 radical (unpaired) electrons. The number of aliphatic hydroxyl groups excluding tert-OH is 1. The standard InChI is InChI=1S/C23H25FN4O2S.C10H20N2/c1-4-17-5-6-20(24)19(13-17)22(25-3)15-21(16(2)31-12-11-30)28-18-7-8-26-23(14-18)27-9-10-29;1-9-7-10(8-9)12-5-3-11(2)4-6-12/h5-9,13-15,30H,2,4,11-12H2,1,3H3,(H2,26,27,28);9-10H,3-8H2,1-2H3/b21-15+,25-22?;. The largest absolute Gasteiger partial charge is 0.396 e. The Bertz CT molecular complexity index is 1310. The molecule has 1 aromatic carbocycles. The van der Waals surface area contributed by atoms with Crippen LogP contribution in [0.25, 0.3) is 0 Å². The summed E-state index contributed by atoms with van der Waals surface area (Å²) >= 11 is 1.37. The van der Waals surface area contributed by atoms with Crippen LogP contribution in [-0.2, 0) is 11.2 Å². The van der Waals surface area contributed by atoms with Crippen LogP contribution in [0.15, 0.2) is 71.0 Å². The molecule has 2 aliphatic rings. The van der Waals surface area contributed by atoms with Crippen LogP contribution in [0.2, 0.25) is 0 Å². The molecule has 0 atom stereocenters. The topological polar surface area (TPSA) is 93.1 Å². The maximum atomic E-state index is 14.6. The molecule has 1 saturated heterocycles. The molecular formula is C33H45FN6O2S. The fraction of sp³-hybridized carbons (Fsp3) is 0.455. The van der Waals surface area contributed by atoms with Gasteiger partial charge in [0, 0.05) is 73.4 Å². The van der Waals surface area contributed by atoms with Gasteiger partial charge in [-0.3, -0.25) is 9.89 Å². The molecule has 2 heterocycles. The number of pyridine rings is 1. The Morgan fingerprint density at radius 1 is 1.26 bits per heavy atom. The summed E-state index contributed by atoms with van der Waals surface area (Å²) in [5.74, 6) is 3.18. The average Bonchev–Trinajstić information content (AvgIpc) is 3.00. The molecule has 3 N–H and O–H groups in total. The number of nitrogens with one attached hydrogen (secondary N) is 2. The van der Waals surface area contributed by atoms with Crippen molar-refractivity contribution in [2.75, 3.05) is 63.3 Å². The lowest BCUT2D eigenvalue weighted by Gasteiger charge is -2.45. The summed E-state index contributed by atoms with van der Waals surface area (Å²) in [6.07, 6.45) is 8.09. The maximum Gasteiger partial charge on any atom is 0.142 e. The van der Waals surface area contributed by atoms with E-state index >= 15 is 0 Å². The molecule has 0 unspecified atom stereocenters. The minimum Gasteiger partial charge on any atom is -0.396 e. The quantitative estimate of drug-likeness (QED) is 0.172. The van der Waals surface area contributed by atoms with Crippen LogP contribution in [0.5, 0.6) is 0 Å². The lowest BCUT2D eigenvalue weighted by Crippen LogP contribution is -2.52. The molecule has 4 rings (SSSR count). The van der Waals surface area contributed by atoms with Gasteiger partial charge in [-0.05, 0) is 62.1 Å². The molecule has 232 valence electrons. The highest BCUT2D eigenvalue weighted by atomic mass is 32.2. The van der Waals surface area contributed by atoms with Crippen LogP contribution in [0, 0.1) is 11.7 Å². The van der Waals surface area contributed by atoms with Crippen molar-refractivity contribution in [1.29, 1.82) is 0 Å². The van der Waals surface area contributed by atoms with Crippen molar-refractivity contribution in [2.24, 2.45) is 10.9 Å². The highest BCUT2D eigenvalue weighted by molar-refractivity contribution is 8.03. The number of aliphatic imine (C=N–C) groups is 1. The maximum absolute atomic E-state index is 14.6. The van der Waals surface area contributed by atoms with Crippen molar-refractivity contribution < 1.29 is 14.3 Å². The number of benzene rings is 1. The molecule has 1 saturated carbocycles. The lowest BCUT2D eigenvalue weighted by atomic mass is 9.80. The average molecular weight is 609 g/mol. The minimum atomic E-state index is -0.363. The van der Waals surface area contributed by atoms with Gasteiger partial charge in [-0.25, -0.2) is 14.2 Å². The second kappa shape index (κ2) is 17.8. The number of likely N-dealkylation sites (N-methyl/N-ethyl adjacent to an activating group) is 1.